The SMILES string of the molecule is C=CCn1c(C)nnc1SCc1csc(N(C(C)=O)c2ccc(C)cc2C)n1. The van der Waals surface area contributed by atoms with Gasteiger partial charge in [-0.3, -0.25) is 9.69 Å². The number of anilines is 2. The number of hydrogen-bond acceptors (Lipinski definition) is 6. The number of aromatic nitrogens is 4. The van der Waals surface area contributed by atoms with Crippen LogP contribution >= 0.6 is 23.1 Å². The highest BCUT2D eigenvalue weighted by molar-refractivity contribution is 7.98. The van der Waals surface area contributed by atoms with Crippen molar-refractivity contribution >= 4 is 39.8 Å². The molecule has 0 bridgehead atoms. The zero-order valence-corrected chi connectivity index (χ0v) is 18.1. The van der Waals surface area contributed by atoms with Crippen LogP contribution in [0.15, 0.2) is 41.4 Å². The predicted octanol–water partition coefficient (Wildman–Crippen LogP) is 4.82. The average Bonchev–Trinajstić information content (AvgIpc) is 3.23. The van der Waals surface area contributed by atoms with Crippen molar-refractivity contribution in [1.29, 1.82) is 0 Å². The monoisotopic (exact) mass is 413 g/mol. The second kappa shape index (κ2) is 8.70. The smallest absolute Gasteiger partial charge is 0.230 e. The lowest BCUT2D eigenvalue weighted by molar-refractivity contribution is -0.115. The largest absolute Gasteiger partial charge is 0.302 e. The van der Waals surface area contributed by atoms with Crippen LogP contribution in [-0.2, 0) is 17.1 Å². The first-order valence-corrected chi connectivity index (χ1v) is 10.7. The lowest BCUT2D eigenvalue weighted by Crippen LogP contribution is -2.23. The van der Waals surface area contributed by atoms with Crippen LogP contribution in [0, 0.1) is 20.8 Å². The summed E-state index contributed by atoms with van der Waals surface area (Å²) in [6.45, 7) is 12.0. The lowest BCUT2D eigenvalue weighted by atomic mass is 10.1. The van der Waals surface area contributed by atoms with Crippen molar-refractivity contribution in [2.24, 2.45) is 0 Å². The molecule has 8 heteroatoms. The molecule has 0 aliphatic rings. The van der Waals surface area contributed by atoms with Crippen molar-refractivity contribution < 1.29 is 4.79 Å². The Kier molecular flexibility index (Phi) is 6.31. The minimum absolute atomic E-state index is 0.0538. The molecular weight excluding hydrogens is 390 g/mol. The van der Waals surface area contributed by atoms with Crippen LogP contribution in [0.1, 0.15) is 29.6 Å². The highest BCUT2D eigenvalue weighted by atomic mass is 32.2. The zero-order valence-electron chi connectivity index (χ0n) is 16.5. The van der Waals surface area contributed by atoms with Gasteiger partial charge in [0.05, 0.1) is 11.4 Å². The molecule has 0 aliphatic carbocycles. The summed E-state index contributed by atoms with van der Waals surface area (Å²) in [4.78, 5) is 18.7. The summed E-state index contributed by atoms with van der Waals surface area (Å²) >= 11 is 3.05. The van der Waals surface area contributed by atoms with Crippen LogP contribution < -0.4 is 4.90 Å². The Morgan fingerprint density at radius 1 is 1.32 bits per heavy atom. The number of allylic oxidation sites excluding steroid dienone is 1. The third kappa shape index (κ3) is 4.34. The number of amides is 1. The van der Waals surface area contributed by atoms with Crippen molar-refractivity contribution in [2.75, 3.05) is 4.90 Å². The molecule has 0 N–H and O–H groups in total. The maximum absolute atomic E-state index is 12.3. The van der Waals surface area contributed by atoms with Gasteiger partial charge >= 0.3 is 0 Å². The van der Waals surface area contributed by atoms with E-state index in [2.05, 4.69) is 22.8 Å². The lowest BCUT2D eigenvalue weighted by Gasteiger charge is -2.20. The van der Waals surface area contributed by atoms with E-state index in [0.29, 0.717) is 17.4 Å². The molecule has 6 nitrogen and oxygen atoms in total. The minimum Gasteiger partial charge on any atom is -0.302 e. The van der Waals surface area contributed by atoms with Crippen molar-refractivity contribution in [3.05, 3.63) is 58.9 Å². The normalized spacial score (nSPS) is 10.9. The summed E-state index contributed by atoms with van der Waals surface area (Å²) in [7, 11) is 0. The zero-order chi connectivity index (χ0) is 20.3. The fourth-order valence-corrected chi connectivity index (χ4v) is 4.75. The summed E-state index contributed by atoms with van der Waals surface area (Å²) in [6.07, 6.45) is 1.83. The third-order valence-corrected chi connectivity index (χ3v) is 6.08. The van der Waals surface area contributed by atoms with Gasteiger partial charge in [-0.15, -0.1) is 28.1 Å². The number of rotatable bonds is 7. The summed E-state index contributed by atoms with van der Waals surface area (Å²) in [6, 6.07) is 6.06. The Hall–Kier alpha value is -2.45. The molecule has 0 atom stereocenters. The van der Waals surface area contributed by atoms with Gasteiger partial charge in [0.2, 0.25) is 5.91 Å². The van der Waals surface area contributed by atoms with Crippen LogP contribution in [-0.4, -0.2) is 25.7 Å². The summed E-state index contributed by atoms with van der Waals surface area (Å²) in [5.74, 6) is 1.46. The molecule has 0 saturated carbocycles. The van der Waals surface area contributed by atoms with Gasteiger partial charge in [0.15, 0.2) is 10.3 Å². The molecule has 1 aromatic carbocycles. The first-order valence-electron chi connectivity index (χ1n) is 8.86. The first kappa shape index (κ1) is 20.3. The molecule has 2 heterocycles. The highest BCUT2D eigenvalue weighted by Crippen LogP contribution is 2.33. The summed E-state index contributed by atoms with van der Waals surface area (Å²) in [5.41, 5.74) is 3.99. The number of nitrogens with zero attached hydrogens (tertiary/aromatic N) is 5. The van der Waals surface area contributed by atoms with Crippen LogP contribution in [0.3, 0.4) is 0 Å². The number of carbonyl (C=O) groups excluding carboxylic acids is 1. The molecule has 0 unspecified atom stereocenters. The van der Waals surface area contributed by atoms with Crippen LogP contribution in [0.2, 0.25) is 0 Å². The molecule has 3 rings (SSSR count). The molecule has 0 saturated heterocycles. The molecule has 0 spiro atoms. The van der Waals surface area contributed by atoms with Gasteiger partial charge in [-0.1, -0.05) is 35.5 Å². The van der Waals surface area contributed by atoms with Crippen LogP contribution in [0.4, 0.5) is 10.8 Å². The van der Waals surface area contributed by atoms with Crippen LogP contribution in [0.25, 0.3) is 0 Å². The molecule has 0 aliphatic heterocycles. The van der Waals surface area contributed by atoms with Gasteiger partial charge in [-0.25, -0.2) is 4.98 Å². The molecule has 2 aromatic heterocycles. The fourth-order valence-electron chi connectivity index (χ4n) is 2.88. The molecule has 0 radical (unpaired) electrons. The Morgan fingerprint density at radius 2 is 2.11 bits per heavy atom. The van der Waals surface area contributed by atoms with E-state index in [4.69, 9.17) is 4.98 Å². The second-order valence-electron chi connectivity index (χ2n) is 6.48. The standard InChI is InChI=1S/C20H23N5OS2/c1-6-9-24-15(4)22-23-20(24)28-12-17-11-27-19(21-17)25(16(5)26)18-8-7-13(2)10-14(18)3/h6-8,10-11H,1,9,12H2,2-5H3. The molecule has 146 valence electrons. The molecule has 0 fully saturated rings. The quantitative estimate of drug-likeness (QED) is 0.410. The highest BCUT2D eigenvalue weighted by Gasteiger charge is 2.20. The Labute approximate surface area is 173 Å². The number of hydrogen-bond donors (Lipinski definition) is 0. The van der Waals surface area contributed by atoms with E-state index in [1.54, 1.807) is 23.6 Å². The Bertz CT molecular complexity index is 1010. The maximum Gasteiger partial charge on any atom is 0.230 e. The van der Waals surface area contributed by atoms with Gasteiger partial charge in [-0.05, 0) is 32.4 Å². The number of benzene rings is 1. The Balaban J connectivity index is 1.80. The number of aryl methyl sites for hydroxylation is 3. The first-order chi connectivity index (χ1) is 13.4. The predicted molar refractivity (Wildman–Crippen MR) is 115 cm³/mol. The van der Waals surface area contributed by atoms with Crippen LogP contribution in [0.5, 0.6) is 0 Å². The molecule has 1 amide bonds. The van der Waals surface area contributed by atoms with E-state index in [1.807, 2.05) is 48.9 Å². The average molecular weight is 414 g/mol. The van der Waals surface area contributed by atoms with Gasteiger partial charge in [0.25, 0.3) is 0 Å². The van der Waals surface area contributed by atoms with Gasteiger partial charge in [0, 0.05) is 24.6 Å². The van der Waals surface area contributed by atoms with Crippen molar-refractivity contribution in [3.8, 4) is 0 Å². The third-order valence-electron chi connectivity index (χ3n) is 4.20. The minimum atomic E-state index is -0.0538. The summed E-state index contributed by atoms with van der Waals surface area (Å²) in [5, 5.41) is 11.9. The maximum atomic E-state index is 12.3. The molecule has 28 heavy (non-hydrogen) atoms. The second-order valence-corrected chi connectivity index (χ2v) is 8.26. The number of thiazole rings is 1. The van der Waals surface area contributed by atoms with Crippen molar-refractivity contribution in [1.82, 2.24) is 19.7 Å². The summed E-state index contributed by atoms with van der Waals surface area (Å²) < 4.78 is 2.02. The topological polar surface area (TPSA) is 63.9 Å². The van der Waals surface area contributed by atoms with E-state index in [0.717, 1.165) is 27.9 Å². The Morgan fingerprint density at radius 3 is 2.79 bits per heavy atom. The number of carbonyl (C=O) groups is 1. The van der Waals surface area contributed by atoms with Gasteiger partial charge in [0.1, 0.15) is 5.82 Å². The fraction of sp³-hybridized carbons (Fsp3) is 0.300. The van der Waals surface area contributed by atoms with E-state index < -0.39 is 0 Å². The van der Waals surface area contributed by atoms with Crippen molar-refractivity contribution in [3.63, 3.8) is 0 Å². The molecular formula is C20H23N5OS2. The molecule has 3 aromatic rings. The van der Waals surface area contributed by atoms with Gasteiger partial charge < -0.3 is 4.57 Å². The van der Waals surface area contributed by atoms with Crippen molar-refractivity contribution in [2.45, 2.75) is 45.1 Å². The van der Waals surface area contributed by atoms with E-state index in [9.17, 15) is 4.79 Å². The van der Waals surface area contributed by atoms with Gasteiger partial charge in [-0.2, -0.15) is 0 Å². The van der Waals surface area contributed by atoms with E-state index in [-0.39, 0.29) is 5.91 Å². The van der Waals surface area contributed by atoms with E-state index >= 15 is 0 Å². The number of thioether (sulfide) groups is 1. The van der Waals surface area contributed by atoms with E-state index in [1.165, 1.54) is 16.9 Å².